The maximum absolute atomic E-state index is 11.6. The van der Waals surface area contributed by atoms with Crippen molar-refractivity contribution in [1.29, 1.82) is 5.26 Å². The Balaban J connectivity index is 2.15. The number of nitrogens with zero attached hydrogens (tertiary/aromatic N) is 3. The van der Waals surface area contributed by atoms with Crippen molar-refractivity contribution in [3.63, 3.8) is 0 Å². The number of benzene rings is 1. The molecule has 0 atom stereocenters. The summed E-state index contributed by atoms with van der Waals surface area (Å²) in [6.07, 6.45) is 3.08. The highest BCUT2D eigenvalue weighted by molar-refractivity contribution is 5.88. The molecule has 0 bridgehead atoms. The minimum Gasteiger partial charge on any atom is -0.495 e. The summed E-state index contributed by atoms with van der Waals surface area (Å²) in [6.45, 7) is 2.54. The molecule has 0 saturated carbocycles. The van der Waals surface area contributed by atoms with Crippen molar-refractivity contribution in [3.05, 3.63) is 47.3 Å². The first kappa shape index (κ1) is 14.6. The lowest BCUT2D eigenvalue weighted by atomic mass is 10.1. The first-order chi connectivity index (χ1) is 10.2. The molecule has 1 aromatic heterocycles. The summed E-state index contributed by atoms with van der Waals surface area (Å²) in [4.78, 5) is 11.6. The number of nitriles is 1. The summed E-state index contributed by atoms with van der Waals surface area (Å²) in [5.41, 5.74) is 1.77. The molecule has 0 unspecified atom stereocenters. The number of rotatable bonds is 5. The van der Waals surface area contributed by atoms with Crippen molar-refractivity contribution in [2.75, 3.05) is 13.7 Å². The van der Waals surface area contributed by atoms with E-state index in [9.17, 15) is 4.79 Å². The van der Waals surface area contributed by atoms with E-state index in [4.69, 9.17) is 14.7 Å². The van der Waals surface area contributed by atoms with E-state index < -0.39 is 5.97 Å². The minimum absolute atomic E-state index is 0.327. The second-order valence-electron chi connectivity index (χ2n) is 4.29. The first-order valence-electron chi connectivity index (χ1n) is 6.44. The van der Waals surface area contributed by atoms with E-state index in [1.54, 1.807) is 29.9 Å². The average molecular weight is 285 g/mol. The monoisotopic (exact) mass is 285 g/mol. The van der Waals surface area contributed by atoms with Gasteiger partial charge in [-0.1, -0.05) is 6.07 Å². The highest BCUT2D eigenvalue weighted by Crippen LogP contribution is 2.19. The molecular formula is C15H15N3O3. The molecule has 6 nitrogen and oxygen atoms in total. The Morgan fingerprint density at radius 2 is 2.29 bits per heavy atom. The van der Waals surface area contributed by atoms with Crippen molar-refractivity contribution in [3.8, 4) is 11.8 Å². The Bertz CT molecular complexity index is 686. The van der Waals surface area contributed by atoms with Crippen molar-refractivity contribution in [1.82, 2.24) is 9.78 Å². The van der Waals surface area contributed by atoms with Gasteiger partial charge in [0.25, 0.3) is 0 Å². The molecule has 6 heteroatoms. The van der Waals surface area contributed by atoms with Gasteiger partial charge in [0, 0.05) is 6.20 Å². The van der Waals surface area contributed by atoms with Crippen LogP contribution in [0, 0.1) is 11.3 Å². The Morgan fingerprint density at radius 3 is 2.95 bits per heavy atom. The van der Waals surface area contributed by atoms with Crippen LogP contribution in [0.5, 0.6) is 5.75 Å². The highest BCUT2D eigenvalue weighted by Gasteiger charge is 2.10. The highest BCUT2D eigenvalue weighted by atomic mass is 16.5. The predicted octanol–water partition coefficient (Wildman–Crippen LogP) is 1.99. The van der Waals surface area contributed by atoms with Gasteiger partial charge in [-0.3, -0.25) is 4.68 Å². The zero-order valence-electron chi connectivity index (χ0n) is 11.9. The number of aromatic nitrogens is 2. The SMILES string of the molecule is CCOC(=O)c1cnn(Cc2ccc(OC)c(C#N)c2)c1. The number of methoxy groups -OCH3 is 1. The Hall–Kier alpha value is -2.81. The number of esters is 1. The largest absolute Gasteiger partial charge is 0.495 e. The summed E-state index contributed by atoms with van der Waals surface area (Å²) < 4.78 is 11.6. The third-order valence-electron chi connectivity index (χ3n) is 2.87. The molecular weight excluding hydrogens is 270 g/mol. The van der Waals surface area contributed by atoms with Crippen LogP contribution in [0.3, 0.4) is 0 Å². The Labute approximate surface area is 122 Å². The Morgan fingerprint density at radius 1 is 1.48 bits per heavy atom. The van der Waals surface area contributed by atoms with Gasteiger partial charge in [-0.25, -0.2) is 4.79 Å². The molecule has 0 saturated heterocycles. The molecule has 0 aliphatic carbocycles. The van der Waals surface area contributed by atoms with Crippen LogP contribution in [0.4, 0.5) is 0 Å². The van der Waals surface area contributed by atoms with Gasteiger partial charge in [0.2, 0.25) is 0 Å². The molecule has 1 aromatic carbocycles. The first-order valence-corrected chi connectivity index (χ1v) is 6.44. The standard InChI is InChI=1S/C15H15N3O3/c1-3-21-15(19)13-8-17-18(10-13)9-11-4-5-14(20-2)12(6-11)7-16/h4-6,8,10H,3,9H2,1-2H3. The van der Waals surface area contributed by atoms with Gasteiger partial charge < -0.3 is 9.47 Å². The summed E-state index contributed by atoms with van der Waals surface area (Å²) in [5.74, 6) is 0.144. The zero-order valence-corrected chi connectivity index (χ0v) is 11.9. The second kappa shape index (κ2) is 6.57. The second-order valence-corrected chi connectivity index (χ2v) is 4.29. The van der Waals surface area contributed by atoms with Crippen LogP contribution in [0.1, 0.15) is 28.4 Å². The van der Waals surface area contributed by atoms with Crippen LogP contribution in [-0.2, 0) is 11.3 Å². The fraction of sp³-hybridized carbons (Fsp3) is 0.267. The number of carbonyl (C=O) groups excluding carboxylic acids is 1. The van der Waals surface area contributed by atoms with Crippen LogP contribution in [0.15, 0.2) is 30.6 Å². The topological polar surface area (TPSA) is 77.1 Å². The number of hydrogen-bond donors (Lipinski definition) is 0. The molecule has 2 rings (SSSR count). The van der Waals surface area contributed by atoms with Crippen LogP contribution in [-0.4, -0.2) is 29.5 Å². The van der Waals surface area contributed by atoms with E-state index in [0.717, 1.165) is 5.56 Å². The maximum Gasteiger partial charge on any atom is 0.341 e. The molecule has 2 aromatic rings. The van der Waals surface area contributed by atoms with Crippen LogP contribution in [0.25, 0.3) is 0 Å². The lowest BCUT2D eigenvalue weighted by Gasteiger charge is -2.06. The quantitative estimate of drug-likeness (QED) is 0.785. The summed E-state index contributed by atoms with van der Waals surface area (Å²) in [7, 11) is 1.52. The van der Waals surface area contributed by atoms with Crippen LogP contribution in [0.2, 0.25) is 0 Å². The van der Waals surface area contributed by atoms with E-state index in [2.05, 4.69) is 11.2 Å². The molecule has 1 heterocycles. The molecule has 0 aliphatic heterocycles. The smallest absolute Gasteiger partial charge is 0.341 e. The van der Waals surface area contributed by atoms with E-state index >= 15 is 0 Å². The zero-order chi connectivity index (χ0) is 15.2. The maximum atomic E-state index is 11.6. The fourth-order valence-corrected chi connectivity index (χ4v) is 1.90. The number of hydrogen-bond acceptors (Lipinski definition) is 5. The van der Waals surface area contributed by atoms with Gasteiger partial charge in [-0.05, 0) is 24.6 Å². The Kier molecular flexibility index (Phi) is 4.57. The summed E-state index contributed by atoms with van der Waals surface area (Å²) >= 11 is 0. The van der Waals surface area contributed by atoms with E-state index in [-0.39, 0.29) is 0 Å². The van der Waals surface area contributed by atoms with E-state index in [1.165, 1.54) is 13.3 Å². The molecule has 108 valence electrons. The van der Waals surface area contributed by atoms with Gasteiger partial charge in [-0.15, -0.1) is 0 Å². The third-order valence-corrected chi connectivity index (χ3v) is 2.87. The van der Waals surface area contributed by atoms with Crippen LogP contribution >= 0.6 is 0 Å². The molecule has 0 radical (unpaired) electrons. The molecule has 0 fully saturated rings. The normalized spacial score (nSPS) is 9.95. The van der Waals surface area contributed by atoms with Crippen molar-refractivity contribution < 1.29 is 14.3 Å². The molecule has 0 spiro atoms. The molecule has 21 heavy (non-hydrogen) atoms. The fourth-order valence-electron chi connectivity index (χ4n) is 1.90. The minimum atomic E-state index is -0.392. The van der Waals surface area contributed by atoms with Crippen molar-refractivity contribution >= 4 is 5.97 Å². The van der Waals surface area contributed by atoms with E-state index in [0.29, 0.717) is 30.0 Å². The van der Waals surface area contributed by atoms with Gasteiger partial charge in [-0.2, -0.15) is 10.4 Å². The van der Waals surface area contributed by atoms with E-state index in [1.807, 2.05) is 6.07 Å². The number of carbonyl (C=O) groups is 1. The van der Waals surface area contributed by atoms with Gasteiger partial charge in [0.15, 0.2) is 0 Å². The lowest BCUT2D eigenvalue weighted by molar-refractivity contribution is 0.0526. The van der Waals surface area contributed by atoms with Gasteiger partial charge in [0.1, 0.15) is 11.8 Å². The molecule has 0 aliphatic rings. The number of ether oxygens (including phenoxy) is 2. The lowest BCUT2D eigenvalue weighted by Crippen LogP contribution is -2.04. The molecule has 0 amide bonds. The third kappa shape index (κ3) is 3.39. The van der Waals surface area contributed by atoms with Crippen molar-refractivity contribution in [2.24, 2.45) is 0 Å². The average Bonchev–Trinajstić information content (AvgIpc) is 2.96. The summed E-state index contributed by atoms with van der Waals surface area (Å²) in [6, 6.07) is 7.42. The van der Waals surface area contributed by atoms with Crippen LogP contribution < -0.4 is 4.74 Å². The van der Waals surface area contributed by atoms with Gasteiger partial charge >= 0.3 is 5.97 Å². The summed E-state index contributed by atoms with van der Waals surface area (Å²) in [5, 5.41) is 13.2. The predicted molar refractivity (Wildman–Crippen MR) is 75.0 cm³/mol. The van der Waals surface area contributed by atoms with Gasteiger partial charge in [0.05, 0.1) is 37.6 Å². The molecule has 0 N–H and O–H groups in total. The van der Waals surface area contributed by atoms with Crippen molar-refractivity contribution in [2.45, 2.75) is 13.5 Å².